The molecule has 1 saturated heterocycles. The van der Waals surface area contributed by atoms with Crippen molar-refractivity contribution in [3.63, 3.8) is 0 Å². The molecule has 1 heterocycles. The van der Waals surface area contributed by atoms with E-state index in [1.165, 1.54) is 0 Å². The van der Waals surface area contributed by atoms with E-state index in [0.29, 0.717) is 11.1 Å². The van der Waals surface area contributed by atoms with Crippen LogP contribution in [0.1, 0.15) is 25.0 Å². The number of amides is 3. The topological polar surface area (TPSA) is 75.7 Å². The number of urea groups is 1. The normalized spacial score (nSPS) is 20.4. The van der Waals surface area contributed by atoms with Crippen LogP contribution < -0.4 is 5.32 Å². The Morgan fingerprint density at radius 2 is 1.91 bits per heavy atom. The molecule has 0 aromatic heterocycles. The number of hydrogen-bond acceptors (Lipinski definition) is 4. The Morgan fingerprint density at radius 1 is 1.30 bits per heavy atom. The lowest BCUT2D eigenvalue weighted by molar-refractivity contribution is -0.147. The van der Waals surface area contributed by atoms with Gasteiger partial charge in [0, 0.05) is 0 Å². The van der Waals surface area contributed by atoms with E-state index in [-0.39, 0.29) is 6.61 Å². The van der Waals surface area contributed by atoms with Crippen LogP contribution in [-0.4, -0.2) is 36.0 Å². The molecule has 6 heteroatoms. The van der Waals surface area contributed by atoms with Gasteiger partial charge in [0.05, 0.1) is 0 Å². The monoisotopic (exact) mass is 316 g/mol. The van der Waals surface area contributed by atoms with Gasteiger partial charge in [-0.3, -0.25) is 14.5 Å². The fourth-order valence-electron chi connectivity index (χ4n) is 2.30. The van der Waals surface area contributed by atoms with Gasteiger partial charge in [0.1, 0.15) is 18.7 Å². The fourth-order valence-corrected chi connectivity index (χ4v) is 2.30. The summed E-state index contributed by atoms with van der Waals surface area (Å²) in [5.74, 6) is -1.12. The number of nitrogens with zero attached hydrogens (tertiary/aromatic N) is 1. The highest BCUT2D eigenvalue weighted by molar-refractivity contribution is 6.08. The molecule has 2 rings (SSSR count). The van der Waals surface area contributed by atoms with Gasteiger partial charge in [-0.15, -0.1) is 0 Å². The second-order valence-corrected chi connectivity index (χ2v) is 5.93. The predicted molar refractivity (Wildman–Crippen MR) is 84.5 cm³/mol. The van der Waals surface area contributed by atoms with Crippen molar-refractivity contribution in [1.29, 1.82) is 0 Å². The molecule has 1 aliphatic heterocycles. The van der Waals surface area contributed by atoms with Crippen molar-refractivity contribution in [2.45, 2.75) is 26.3 Å². The standard InChI is InChI=1S/C17H20N2O4/c1-11(2)10-23-14(20)9-19-15(21)17(4,18-16(19)22)13-7-5-12(3)6-8-13/h5-8H,1,9-10H2,2-4H3,(H,18,22). The van der Waals surface area contributed by atoms with E-state index in [9.17, 15) is 14.4 Å². The maximum atomic E-state index is 12.6. The summed E-state index contributed by atoms with van der Waals surface area (Å²) in [5, 5.41) is 2.65. The molecule has 1 unspecified atom stereocenters. The molecule has 1 aliphatic rings. The number of aryl methyl sites for hydroxylation is 1. The zero-order valence-corrected chi connectivity index (χ0v) is 13.5. The van der Waals surface area contributed by atoms with Crippen molar-refractivity contribution in [2.75, 3.05) is 13.2 Å². The molecule has 0 spiro atoms. The number of nitrogens with one attached hydrogen (secondary N) is 1. The fraction of sp³-hybridized carbons (Fsp3) is 0.353. The summed E-state index contributed by atoms with van der Waals surface area (Å²) >= 11 is 0. The lowest BCUT2D eigenvalue weighted by Crippen LogP contribution is -2.41. The van der Waals surface area contributed by atoms with Crippen LogP contribution >= 0.6 is 0 Å². The second-order valence-electron chi connectivity index (χ2n) is 5.93. The molecule has 0 saturated carbocycles. The van der Waals surface area contributed by atoms with E-state index in [1.54, 1.807) is 26.0 Å². The number of hydrogen-bond donors (Lipinski definition) is 1. The number of imide groups is 1. The molecule has 3 amide bonds. The molecule has 1 atom stereocenters. The van der Waals surface area contributed by atoms with Crippen molar-refractivity contribution >= 4 is 17.9 Å². The quantitative estimate of drug-likeness (QED) is 0.511. The third kappa shape index (κ3) is 3.41. The summed E-state index contributed by atoms with van der Waals surface area (Å²) < 4.78 is 4.94. The number of carbonyl (C=O) groups excluding carboxylic acids is 3. The van der Waals surface area contributed by atoms with E-state index < -0.39 is 30.0 Å². The van der Waals surface area contributed by atoms with Crippen molar-refractivity contribution in [2.24, 2.45) is 0 Å². The first-order valence-electron chi connectivity index (χ1n) is 7.25. The Morgan fingerprint density at radius 3 is 2.48 bits per heavy atom. The molecule has 6 nitrogen and oxygen atoms in total. The maximum absolute atomic E-state index is 12.6. The van der Waals surface area contributed by atoms with Gasteiger partial charge in [0.15, 0.2) is 0 Å². The maximum Gasteiger partial charge on any atom is 0.326 e. The molecule has 0 bridgehead atoms. The van der Waals surface area contributed by atoms with Gasteiger partial charge < -0.3 is 10.1 Å². The van der Waals surface area contributed by atoms with Crippen LogP contribution in [0.4, 0.5) is 4.79 Å². The number of benzene rings is 1. The Kier molecular flexibility index (Phi) is 4.54. The largest absolute Gasteiger partial charge is 0.460 e. The molecule has 1 N–H and O–H groups in total. The number of ether oxygens (including phenoxy) is 1. The summed E-state index contributed by atoms with van der Waals surface area (Å²) in [7, 11) is 0. The van der Waals surface area contributed by atoms with Crippen LogP contribution in [-0.2, 0) is 19.9 Å². The second kappa shape index (κ2) is 6.24. The van der Waals surface area contributed by atoms with Gasteiger partial charge in [-0.2, -0.15) is 0 Å². The summed E-state index contributed by atoms with van der Waals surface area (Å²) in [5.41, 5.74) is 1.22. The molecule has 1 fully saturated rings. The summed E-state index contributed by atoms with van der Waals surface area (Å²) in [6.07, 6.45) is 0. The molecule has 122 valence electrons. The lowest BCUT2D eigenvalue weighted by atomic mass is 9.91. The van der Waals surface area contributed by atoms with Crippen LogP contribution in [0.3, 0.4) is 0 Å². The number of rotatable bonds is 5. The number of carbonyl (C=O) groups is 3. The van der Waals surface area contributed by atoms with E-state index in [0.717, 1.165) is 10.5 Å². The Labute approximate surface area is 135 Å². The van der Waals surface area contributed by atoms with Crippen molar-refractivity contribution in [3.8, 4) is 0 Å². The summed E-state index contributed by atoms with van der Waals surface area (Å²) in [4.78, 5) is 37.3. The van der Waals surface area contributed by atoms with Crippen LogP contribution in [0.5, 0.6) is 0 Å². The van der Waals surface area contributed by atoms with Gasteiger partial charge in [0.2, 0.25) is 0 Å². The number of esters is 1. The van der Waals surface area contributed by atoms with Crippen molar-refractivity contribution < 1.29 is 19.1 Å². The van der Waals surface area contributed by atoms with Gasteiger partial charge in [-0.1, -0.05) is 36.4 Å². The van der Waals surface area contributed by atoms with Gasteiger partial charge in [-0.25, -0.2) is 4.79 Å². The molecular formula is C17H20N2O4. The minimum Gasteiger partial charge on any atom is -0.460 e. The van der Waals surface area contributed by atoms with E-state index >= 15 is 0 Å². The zero-order valence-electron chi connectivity index (χ0n) is 13.5. The minimum atomic E-state index is -1.18. The van der Waals surface area contributed by atoms with Gasteiger partial charge in [-0.05, 0) is 31.9 Å². The molecular weight excluding hydrogens is 296 g/mol. The average molecular weight is 316 g/mol. The molecule has 1 aromatic carbocycles. The smallest absolute Gasteiger partial charge is 0.326 e. The van der Waals surface area contributed by atoms with E-state index in [4.69, 9.17) is 4.74 Å². The van der Waals surface area contributed by atoms with Gasteiger partial charge >= 0.3 is 12.0 Å². The Bertz CT molecular complexity index is 666. The molecule has 23 heavy (non-hydrogen) atoms. The van der Waals surface area contributed by atoms with Crippen LogP contribution in [0.2, 0.25) is 0 Å². The zero-order chi connectivity index (χ0) is 17.2. The van der Waals surface area contributed by atoms with Gasteiger partial charge in [0.25, 0.3) is 5.91 Å². The SMILES string of the molecule is C=C(C)COC(=O)CN1C(=O)NC(C)(c2ccc(C)cc2)C1=O. The summed E-state index contributed by atoms with van der Waals surface area (Å²) in [6, 6.07) is 6.70. The minimum absolute atomic E-state index is 0.0672. The van der Waals surface area contributed by atoms with Crippen molar-refractivity contribution in [1.82, 2.24) is 10.2 Å². The van der Waals surface area contributed by atoms with Crippen LogP contribution in [0.15, 0.2) is 36.4 Å². The highest BCUT2D eigenvalue weighted by Gasteiger charge is 2.49. The lowest BCUT2D eigenvalue weighted by Gasteiger charge is -2.22. The van der Waals surface area contributed by atoms with Crippen LogP contribution in [0.25, 0.3) is 0 Å². The van der Waals surface area contributed by atoms with E-state index in [1.807, 2.05) is 19.1 Å². The average Bonchev–Trinajstić information content (AvgIpc) is 2.70. The van der Waals surface area contributed by atoms with Crippen molar-refractivity contribution in [3.05, 3.63) is 47.5 Å². The first-order valence-corrected chi connectivity index (χ1v) is 7.25. The third-order valence-corrected chi connectivity index (χ3v) is 3.67. The van der Waals surface area contributed by atoms with Crippen LogP contribution in [0, 0.1) is 6.92 Å². The molecule has 0 radical (unpaired) electrons. The predicted octanol–water partition coefficient (Wildman–Crippen LogP) is 1.88. The first-order chi connectivity index (χ1) is 10.7. The Hall–Kier alpha value is -2.63. The Balaban J connectivity index is 2.14. The summed E-state index contributed by atoms with van der Waals surface area (Å²) in [6.45, 7) is 8.55. The molecule has 0 aliphatic carbocycles. The highest BCUT2D eigenvalue weighted by atomic mass is 16.5. The molecule has 1 aromatic rings. The third-order valence-electron chi connectivity index (χ3n) is 3.67. The highest BCUT2D eigenvalue weighted by Crippen LogP contribution is 2.28. The first kappa shape index (κ1) is 16.7. The van der Waals surface area contributed by atoms with E-state index in [2.05, 4.69) is 11.9 Å².